The van der Waals surface area contributed by atoms with Crippen LogP contribution in [0.3, 0.4) is 0 Å². The average molecular weight is 782 g/mol. The molecule has 2 aromatic rings. The highest BCUT2D eigenvalue weighted by Gasteiger charge is 2.54. The maximum Gasteiger partial charge on any atom is 0.327 e. The number of piperidine rings is 2. The molecule has 0 saturated carbocycles. The van der Waals surface area contributed by atoms with E-state index in [0.29, 0.717) is 50.9 Å². The van der Waals surface area contributed by atoms with Crippen LogP contribution < -0.4 is 15.0 Å². The zero-order chi connectivity index (χ0) is 39.1. The Bertz CT molecular complexity index is 1650. The molecule has 53 heavy (non-hydrogen) atoms. The SMILES string of the molecule is CCCCOc1ccc(S(=O)(=O)C2(C(=O)NO)CCN(CC)CC2)cc1.CCCCOc1ccc(S(=O)(=O)C2(C(=O)OCC)CCN(CC)CC2)cc1. The monoisotopic (exact) mass is 781 g/mol. The lowest BCUT2D eigenvalue weighted by Gasteiger charge is -2.39. The number of esters is 1. The van der Waals surface area contributed by atoms with E-state index >= 15 is 0 Å². The molecule has 2 aliphatic rings. The third kappa shape index (κ3) is 10.3. The molecule has 2 aliphatic heterocycles. The molecule has 15 heteroatoms. The van der Waals surface area contributed by atoms with Gasteiger partial charge in [0, 0.05) is 26.2 Å². The van der Waals surface area contributed by atoms with Crippen molar-refractivity contribution < 1.29 is 45.8 Å². The predicted molar refractivity (Wildman–Crippen MR) is 203 cm³/mol. The summed E-state index contributed by atoms with van der Waals surface area (Å²) >= 11 is 0. The van der Waals surface area contributed by atoms with Crippen LogP contribution in [0.15, 0.2) is 58.3 Å². The van der Waals surface area contributed by atoms with Gasteiger partial charge in [0.2, 0.25) is 0 Å². The summed E-state index contributed by atoms with van der Waals surface area (Å²) < 4.78 is 66.5. The minimum atomic E-state index is -3.96. The lowest BCUT2D eigenvalue weighted by molar-refractivity contribution is -0.147. The van der Waals surface area contributed by atoms with Gasteiger partial charge in [-0.25, -0.2) is 22.3 Å². The Labute approximate surface area is 316 Å². The number of likely N-dealkylation sites (tertiary alicyclic amines) is 2. The zero-order valence-electron chi connectivity index (χ0n) is 32.0. The molecular formula is C38H59N3O10S2. The van der Waals surface area contributed by atoms with E-state index in [9.17, 15) is 26.4 Å². The van der Waals surface area contributed by atoms with Gasteiger partial charge < -0.3 is 24.0 Å². The maximum absolute atomic E-state index is 13.4. The summed E-state index contributed by atoms with van der Waals surface area (Å²) in [7, 11) is -7.84. The smallest absolute Gasteiger partial charge is 0.327 e. The normalized spacial score (nSPS) is 17.5. The van der Waals surface area contributed by atoms with Crippen molar-refractivity contribution >= 4 is 31.6 Å². The first-order valence-electron chi connectivity index (χ1n) is 18.8. The second-order valence-electron chi connectivity index (χ2n) is 13.4. The topological polar surface area (TPSA) is 169 Å². The molecule has 298 valence electrons. The van der Waals surface area contributed by atoms with E-state index in [-0.39, 0.29) is 42.1 Å². The van der Waals surface area contributed by atoms with Gasteiger partial charge in [0.15, 0.2) is 29.2 Å². The van der Waals surface area contributed by atoms with Crippen molar-refractivity contribution in [2.45, 2.75) is 105 Å². The second kappa shape index (κ2) is 20.4. The number of sulfone groups is 2. The Morgan fingerprint density at radius 1 is 0.660 bits per heavy atom. The van der Waals surface area contributed by atoms with Crippen LogP contribution >= 0.6 is 0 Å². The van der Waals surface area contributed by atoms with Gasteiger partial charge in [-0.2, -0.15) is 0 Å². The van der Waals surface area contributed by atoms with E-state index in [1.54, 1.807) is 36.7 Å². The lowest BCUT2D eigenvalue weighted by atomic mass is 9.95. The van der Waals surface area contributed by atoms with E-state index < -0.39 is 41.0 Å². The van der Waals surface area contributed by atoms with Crippen molar-refractivity contribution in [1.29, 1.82) is 0 Å². The van der Waals surface area contributed by atoms with Crippen LogP contribution in [0.1, 0.15) is 86.0 Å². The Morgan fingerprint density at radius 2 is 1.04 bits per heavy atom. The Morgan fingerprint density at radius 3 is 1.38 bits per heavy atom. The van der Waals surface area contributed by atoms with E-state index in [4.69, 9.17) is 19.4 Å². The summed E-state index contributed by atoms with van der Waals surface area (Å²) in [6.45, 7) is 14.9. The Hall–Kier alpha value is -3.24. The van der Waals surface area contributed by atoms with Crippen molar-refractivity contribution in [3.05, 3.63) is 48.5 Å². The van der Waals surface area contributed by atoms with Crippen LogP contribution in [0, 0.1) is 0 Å². The molecule has 0 bridgehead atoms. The fourth-order valence-electron chi connectivity index (χ4n) is 6.58. The molecule has 0 spiro atoms. The number of hydrogen-bond acceptors (Lipinski definition) is 12. The molecule has 0 radical (unpaired) electrons. The maximum atomic E-state index is 13.4. The first kappa shape index (κ1) is 44.2. The van der Waals surface area contributed by atoms with Crippen molar-refractivity contribution in [2.24, 2.45) is 0 Å². The highest BCUT2D eigenvalue weighted by molar-refractivity contribution is 7.94. The van der Waals surface area contributed by atoms with Gasteiger partial charge in [-0.3, -0.25) is 14.8 Å². The van der Waals surface area contributed by atoms with Crippen molar-refractivity contribution in [3.63, 3.8) is 0 Å². The molecule has 2 N–H and O–H groups in total. The van der Waals surface area contributed by atoms with Crippen molar-refractivity contribution in [2.75, 3.05) is 59.1 Å². The molecule has 2 heterocycles. The fraction of sp³-hybridized carbons (Fsp3) is 0.632. The number of carbonyl (C=O) groups excluding carboxylic acids is 2. The summed E-state index contributed by atoms with van der Waals surface area (Å²) in [5, 5.41) is 9.15. The molecular weight excluding hydrogens is 723 g/mol. The predicted octanol–water partition coefficient (Wildman–Crippen LogP) is 5.06. The number of unbranched alkanes of at least 4 members (excludes halogenated alkanes) is 2. The number of nitrogens with zero attached hydrogens (tertiary/aromatic N) is 2. The number of benzene rings is 2. The van der Waals surface area contributed by atoms with Gasteiger partial charge in [0.1, 0.15) is 11.5 Å². The summed E-state index contributed by atoms with van der Waals surface area (Å²) in [4.78, 5) is 29.5. The van der Waals surface area contributed by atoms with E-state index in [1.165, 1.54) is 24.3 Å². The van der Waals surface area contributed by atoms with E-state index in [0.717, 1.165) is 38.8 Å². The lowest BCUT2D eigenvalue weighted by Crippen LogP contribution is -2.57. The highest BCUT2D eigenvalue weighted by Crippen LogP contribution is 2.38. The minimum absolute atomic E-state index is 0.0638. The van der Waals surface area contributed by atoms with E-state index in [1.807, 2.05) is 13.8 Å². The summed E-state index contributed by atoms with van der Waals surface area (Å²) in [5.41, 5.74) is 1.57. The average Bonchev–Trinajstić information content (AvgIpc) is 3.18. The number of hydroxylamine groups is 1. The molecule has 4 rings (SSSR count). The van der Waals surface area contributed by atoms with Gasteiger partial charge >= 0.3 is 5.97 Å². The third-order valence-corrected chi connectivity index (χ3v) is 15.2. The highest BCUT2D eigenvalue weighted by atomic mass is 32.2. The summed E-state index contributed by atoms with van der Waals surface area (Å²) in [6, 6.07) is 12.5. The third-order valence-electron chi connectivity index (χ3n) is 10.2. The molecule has 2 saturated heterocycles. The van der Waals surface area contributed by atoms with Crippen molar-refractivity contribution in [3.8, 4) is 11.5 Å². The van der Waals surface area contributed by atoms with Gasteiger partial charge in [0.25, 0.3) is 5.91 Å². The molecule has 0 aliphatic carbocycles. The first-order valence-corrected chi connectivity index (χ1v) is 21.8. The summed E-state index contributed by atoms with van der Waals surface area (Å²) in [5.74, 6) is -0.271. The standard InChI is InChI=1S/C20H31NO5S.C18H28N2O5S/c1-4-7-16-26-17-8-10-18(11-9-17)27(23,24)20(19(22)25-6-3)12-14-21(5-2)15-13-20;1-3-5-14-25-15-6-8-16(9-7-15)26(23,24)18(17(21)19-22)10-12-20(4-2)13-11-18/h8-11H,4-7,12-16H2,1-3H3;6-9,22H,3-5,10-14H2,1-2H3,(H,19,21). The number of amides is 1. The minimum Gasteiger partial charge on any atom is -0.494 e. The Kier molecular flexibility index (Phi) is 17.0. The van der Waals surface area contributed by atoms with Crippen LogP contribution in [0.4, 0.5) is 0 Å². The first-order chi connectivity index (χ1) is 25.3. The second-order valence-corrected chi connectivity index (χ2v) is 17.9. The molecule has 2 fully saturated rings. The number of ether oxygens (including phenoxy) is 3. The van der Waals surface area contributed by atoms with Gasteiger partial charge in [-0.1, -0.05) is 40.5 Å². The van der Waals surface area contributed by atoms with Crippen LogP contribution in [0.5, 0.6) is 11.5 Å². The van der Waals surface area contributed by atoms with Crippen molar-refractivity contribution in [1.82, 2.24) is 15.3 Å². The van der Waals surface area contributed by atoms with Crippen LogP contribution in [0.25, 0.3) is 0 Å². The van der Waals surface area contributed by atoms with Gasteiger partial charge in [0.05, 0.1) is 29.6 Å². The van der Waals surface area contributed by atoms with Crippen LogP contribution in [-0.4, -0.2) is 112 Å². The number of nitrogens with one attached hydrogen (secondary N) is 1. The van der Waals surface area contributed by atoms with Crippen LogP contribution in [-0.2, 0) is 34.0 Å². The zero-order valence-corrected chi connectivity index (χ0v) is 33.6. The van der Waals surface area contributed by atoms with Gasteiger partial charge in [-0.15, -0.1) is 0 Å². The quantitative estimate of drug-likeness (QED) is 0.0950. The molecule has 13 nitrogen and oxygen atoms in total. The number of rotatable bonds is 17. The van der Waals surface area contributed by atoms with E-state index in [2.05, 4.69) is 23.6 Å². The molecule has 2 aromatic carbocycles. The molecule has 0 atom stereocenters. The fourth-order valence-corrected chi connectivity index (χ4v) is 10.5. The molecule has 1 amide bonds. The Balaban J connectivity index is 0.000000286. The summed E-state index contributed by atoms with van der Waals surface area (Å²) in [6.07, 6.45) is 4.69. The van der Waals surface area contributed by atoms with Gasteiger partial charge in [-0.05, 0) is 107 Å². The molecule has 0 unspecified atom stereocenters. The van der Waals surface area contributed by atoms with Crippen LogP contribution in [0.2, 0.25) is 0 Å². The largest absolute Gasteiger partial charge is 0.494 e. The number of carbonyl (C=O) groups is 2. The number of hydrogen-bond donors (Lipinski definition) is 2. The molecule has 0 aromatic heterocycles.